The number of nitrogens with zero attached hydrogens (tertiary/aromatic N) is 3. The van der Waals surface area contributed by atoms with E-state index in [0.717, 1.165) is 24.5 Å². The molecular weight excluding hydrogens is 350 g/mol. The standard InChI is InChI=1S/C20H24ClN3O2/c1-3-18(26-16-7-8-17(21)15(2)14-16)20(25)24-12-10-23(11-13-24)19-6-4-5-9-22-19/h4-9,14,18H,3,10-13H2,1-2H3. The van der Waals surface area contributed by atoms with Crippen LogP contribution in [0.1, 0.15) is 18.9 Å². The van der Waals surface area contributed by atoms with Gasteiger partial charge in [-0.15, -0.1) is 0 Å². The third-order valence-electron chi connectivity index (χ3n) is 4.62. The second-order valence-corrected chi connectivity index (χ2v) is 6.83. The summed E-state index contributed by atoms with van der Waals surface area (Å²) in [5.74, 6) is 1.68. The number of benzene rings is 1. The number of amides is 1. The molecule has 26 heavy (non-hydrogen) atoms. The van der Waals surface area contributed by atoms with Gasteiger partial charge in [-0.3, -0.25) is 4.79 Å². The second kappa shape index (κ2) is 8.41. The fourth-order valence-electron chi connectivity index (χ4n) is 3.06. The number of aryl methyl sites for hydroxylation is 1. The highest BCUT2D eigenvalue weighted by Crippen LogP contribution is 2.23. The molecule has 0 N–H and O–H groups in total. The van der Waals surface area contributed by atoms with Crippen LogP contribution in [0.2, 0.25) is 5.02 Å². The molecule has 1 saturated heterocycles. The molecule has 0 bridgehead atoms. The zero-order valence-corrected chi connectivity index (χ0v) is 15.9. The largest absolute Gasteiger partial charge is 0.481 e. The van der Waals surface area contributed by atoms with Gasteiger partial charge >= 0.3 is 0 Å². The van der Waals surface area contributed by atoms with Gasteiger partial charge in [0, 0.05) is 37.4 Å². The number of halogens is 1. The van der Waals surface area contributed by atoms with Gasteiger partial charge in [0.2, 0.25) is 0 Å². The van der Waals surface area contributed by atoms with Gasteiger partial charge in [0.05, 0.1) is 0 Å². The average molecular weight is 374 g/mol. The van der Waals surface area contributed by atoms with Crippen molar-refractivity contribution in [1.29, 1.82) is 0 Å². The Morgan fingerprint density at radius 2 is 2.00 bits per heavy atom. The molecule has 3 rings (SSSR count). The lowest BCUT2D eigenvalue weighted by atomic mass is 10.2. The van der Waals surface area contributed by atoms with Gasteiger partial charge in [-0.25, -0.2) is 4.98 Å². The maximum Gasteiger partial charge on any atom is 0.263 e. The Balaban J connectivity index is 1.60. The Morgan fingerprint density at radius 1 is 1.23 bits per heavy atom. The third-order valence-corrected chi connectivity index (χ3v) is 5.04. The Kier molecular flexibility index (Phi) is 5.99. The van der Waals surface area contributed by atoms with E-state index in [0.29, 0.717) is 30.3 Å². The lowest BCUT2D eigenvalue weighted by Crippen LogP contribution is -2.52. The maximum absolute atomic E-state index is 12.9. The quantitative estimate of drug-likeness (QED) is 0.804. The van der Waals surface area contributed by atoms with Crippen LogP contribution in [0.3, 0.4) is 0 Å². The van der Waals surface area contributed by atoms with Crippen LogP contribution < -0.4 is 9.64 Å². The van der Waals surface area contributed by atoms with Gasteiger partial charge in [0.1, 0.15) is 11.6 Å². The zero-order valence-electron chi connectivity index (χ0n) is 15.2. The van der Waals surface area contributed by atoms with Crippen molar-refractivity contribution in [3.8, 4) is 5.75 Å². The molecule has 1 aliphatic rings. The summed E-state index contributed by atoms with van der Waals surface area (Å²) >= 11 is 6.06. The number of carbonyl (C=O) groups is 1. The molecule has 0 saturated carbocycles. The lowest BCUT2D eigenvalue weighted by molar-refractivity contribution is -0.139. The summed E-state index contributed by atoms with van der Waals surface area (Å²) in [4.78, 5) is 21.3. The van der Waals surface area contributed by atoms with Gasteiger partial charge in [0.25, 0.3) is 5.91 Å². The van der Waals surface area contributed by atoms with Crippen molar-refractivity contribution in [2.24, 2.45) is 0 Å². The number of hydrogen-bond acceptors (Lipinski definition) is 4. The van der Waals surface area contributed by atoms with E-state index < -0.39 is 6.10 Å². The van der Waals surface area contributed by atoms with Gasteiger partial charge < -0.3 is 14.5 Å². The van der Waals surface area contributed by atoms with E-state index in [-0.39, 0.29) is 5.91 Å². The van der Waals surface area contributed by atoms with E-state index in [2.05, 4.69) is 9.88 Å². The van der Waals surface area contributed by atoms with Crippen LogP contribution in [0.15, 0.2) is 42.6 Å². The predicted molar refractivity (Wildman–Crippen MR) is 104 cm³/mol. The fraction of sp³-hybridized carbons (Fsp3) is 0.400. The minimum atomic E-state index is -0.475. The first-order valence-corrected chi connectivity index (χ1v) is 9.34. The van der Waals surface area contributed by atoms with E-state index in [1.807, 2.05) is 49.1 Å². The van der Waals surface area contributed by atoms with Crippen LogP contribution in [0.25, 0.3) is 0 Å². The smallest absolute Gasteiger partial charge is 0.263 e. The van der Waals surface area contributed by atoms with Crippen molar-refractivity contribution >= 4 is 23.3 Å². The van der Waals surface area contributed by atoms with E-state index in [9.17, 15) is 4.79 Å². The van der Waals surface area contributed by atoms with Gasteiger partial charge in [-0.2, -0.15) is 0 Å². The van der Waals surface area contributed by atoms with Gasteiger partial charge in [0.15, 0.2) is 6.10 Å². The average Bonchev–Trinajstić information content (AvgIpc) is 2.69. The maximum atomic E-state index is 12.9. The van der Waals surface area contributed by atoms with Crippen molar-refractivity contribution < 1.29 is 9.53 Å². The van der Waals surface area contributed by atoms with E-state index in [4.69, 9.17) is 16.3 Å². The minimum Gasteiger partial charge on any atom is -0.481 e. The first-order chi connectivity index (χ1) is 12.6. The molecule has 6 heteroatoms. The molecular formula is C20H24ClN3O2. The highest BCUT2D eigenvalue weighted by molar-refractivity contribution is 6.31. The summed E-state index contributed by atoms with van der Waals surface area (Å²) in [6.07, 6.45) is 1.94. The lowest BCUT2D eigenvalue weighted by Gasteiger charge is -2.36. The van der Waals surface area contributed by atoms with E-state index in [1.54, 1.807) is 12.3 Å². The number of hydrogen-bond donors (Lipinski definition) is 0. The molecule has 2 heterocycles. The molecule has 1 aromatic heterocycles. The molecule has 5 nitrogen and oxygen atoms in total. The molecule has 1 amide bonds. The van der Waals surface area contributed by atoms with E-state index in [1.165, 1.54) is 0 Å². The molecule has 138 valence electrons. The molecule has 1 aromatic carbocycles. The summed E-state index contributed by atoms with van der Waals surface area (Å²) in [6, 6.07) is 11.4. The Hall–Kier alpha value is -2.27. The van der Waals surface area contributed by atoms with Crippen molar-refractivity contribution in [3.63, 3.8) is 0 Å². The number of aromatic nitrogens is 1. The monoisotopic (exact) mass is 373 g/mol. The van der Waals surface area contributed by atoms with Crippen LogP contribution in [-0.4, -0.2) is 48.1 Å². The minimum absolute atomic E-state index is 0.0424. The first-order valence-electron chi connectivity index (χ1n) is 8.96. The van der Waals surface area contributed by atoms with Crippen LogP contribution in [0.4, 0.5) is 5.82 Å². The van der Waals surface area contributed by atoms with Crippen molar-refractivity contribution in [2.75, 3.05) is 31.1 Å². The molecule has 1 aliphatic heterocycles. The highest BCUT2D eigenvalue weighted by atomic mass is 35.5. The van der Waals surface area contributed by atoms with Gasteiger partial charge in [-0.05, 0) is 49.2 Å². The normalized spacial score (nSPS) is 15.7. The number of piperazine rings is 1. The number of carbonyl (C=O) groups excluding carboxylic acids is 1. The Bertz CT molecular complexity index is 746. The molecule has 1 fully saturated rings. The highest BCUT2D eigenvalue weighted by Gasteiger charge is 2.28. The van der Waals surface area contributed by atoms with Crippen molar-refractivity contribution in [2.45, 2.75) is 26.4 Å². The molecule has 2 aromatic rings. The Labute approximate surface area is 159 Å². The topological polar surface area (TPSA) is 45.7 Å². The third kappa shape index (κ3) is 4.28. The molecule has 0 spiro atoms. The summed E-state index contributed by atoms with van der Waals surface area (Å²) in [5.41, 5.74) is 0.940. The molecule has 0 radical (unpaired) electrons. The summed E-state index contributed by atoms with van der Waals surface area (Å²) in [7, 11) is 0. The fourth-order valence-corrected chi connectivity index (χ4v) is 3.18. The predicted octanol–water partition coefficient (Wildman–Crippen LogP) is 3.55. The zero-order chi connectivity index (χ0) is 18.5. The molecule has 1 atom stereocenters. The van der Waals surface area contributed by atoms with Crippen molar-refractivity contribution in [1.82, 2.24) is 9.88 Å². The number of pyridine rings is 1. The SMILES string of the molecule is CCC(Oc1ccc(Cl)c(C)c1)C(=O)N1CCN(c2ccccn2)CC1. The van der Waals surface area contributed by atoms with Gasteiger partial charge in [-0.1, -0.05) is 24.6 Å². The van der Waals surface area contributed by atoms with Crippen LogP contribution >= 0.6 is 11.6 Å². The first kappa shape index (κ1) is 18.5. The summed E-state index contributed by atoms with van der Waals surface area (Å²) < 4.78 is 5.95. The summed E-state index contributed by atoms with van der Waals surface area (Å²) in [5, 5.41) is 0.697. The number of ether oxygens (including phenoxy) is 1. The molecule has 1 unspecified atom stereocenters. The van der Waals surface area contributed by atoms with Crippen molar-refractivity contribution in [3.05, 3.63) is 53.2 Å². The number of rotatable bonds is 5. The Morgan fingerprint density at radius 3 is 2.62 bits per heavy atom. The summed E-state index contributed by atoms with van der Waals surface area (Å²) in [6.45, 7) is 6.80. The molecule has 0 aliphatic carbocycles. The van der Waals surface area contributed by atoms with Crippen LogP contribution in [0.5, 0.6) is 5.75 Å². The van der Waals surface area contributed by atoms with Crippen LogP contribution in [0, 0.1) is 6.92 Å². The van der Waals surface area contributed by atoms with Crippen LogP contribution in [-0.2, 0) is 4.79 Å². The number of anilines is 1. The van der Waals surface area contributed by atoms with E-state index >= 15 is 0 Å². The second-order valence-electron chi connectivity index (χ2n) is 6.43.